The summed E-state index contributed by atoms with van der Waals surface area (Å²) in [7, 11) is 0. The molecule has 1 saturated heterocycles. The highest BCUT2D eigenvalue weighted by Gasteiger charge is 2.29. The maximum absolute atomic E-state index is 12.3. The molecule has 24 heavy (non-hydrogen) atoms. The summed E-state index contributed by atoms with van der Waals surface area (Å²) in [5.41, 5.74) is 1.31. The molecule has 0 aliphatic carbocycles. The topological polar surface area (TPSA) is 58.6 Å². The molecule has 1 unspecified atom stereocenters. The van der Waals surface area contributed by atoms with Crippen LogP contribution in [0.1, 0.15) is 45.1 Å². The zero-order valence-electron chi connectivity index (χ0n) is 14.7. The van der Waals surface area contributed by atoms with Gasteiger partial charge in [0.15, 0.2) is 0 Å². The van der Waals surface area contributed by atoms with E-state index in [0.717, 1.165) is 37.9 Å². The number of nitrogens with one attached hydrogen (secondary N) is 1. The Kier molecular flexibility index (Phi) is 7.09. The smallest absolute Gasteiger partial charge is 0.242 e. The minimum atomic E-state index is -0.329. The van der Waals surface area contributed by atoms with Crippen LogP contribution in [0.15, 0.2) is 24.3 Å². The maximum Gasteiger partial charge on any atom is 0.242 e. The van der Waals surface area contributed by atoms with Gasteiger partial charge in [0, 0.05) is 13.5 Å². The molecular formula is C19H28N2O3. The summed E-state index contributed by atoms with van der Waals surface area (Å²) < 4.78 is 5.66. The third-order valence-electron chi connectivity index (χ3n) is 4.34. The highest BCUT2D eigenvalue weighted by atomic mass is 16.5. The Labute approximate surface area is 144 Å². The number of carbonyl (C=O) groups excluding carboxylic acids is 2. The van der Waals surface area contributed by atoms with E-state index in [9.17, 15) is 9.59 Å². The monoisotopic (exact) mass is 332 g/mol. The van der Waals surface area contributed by atoms with Crippen LogP contribution in [0.25, 0.3) is 0 Å². The fourth-order valence-corrected chi connectivity index (χ4v) is 3.08. The first-order valence-corrected chi connectivity index (χ1v) is 8.88. The van der Waals surface area contributed by atoms with E-state index in [4.69, 9.17) is 4.74 Å². The van der Waals surface area contributed by atoms with Gasteiger partial charge >= 0.3 is 0 Å². The normalized spacial score (nSPS) is 17.4. The van der Waals surface area contributed by atoms with Gasteiger partial charge in [-0.3, -0.25) is 9.59 Å². The van der Waals surface area contributed by atoms with Crippen molar-refractivity contribution in [2.45, 2.75) is 52.0 Å². The fourth-order valence-electron chi connectivity index (χ4n) is 3.08. The molecule has 1 aromatic rings. The molecule has 0 bridgehead atoms. The van der Waals surface area contributed by atoms with Crippen molar-refractivity contribution in [3.8, 4) is 5.75 Å². The van der Waals surface area contributed by atoms with Crippen molar-refractivity contribution in [2.24, 2.45) is 0 Å². The molecule has 0 radical (unpaired) electrons. The molecule has 0 aromatic heterocycles. The van der Waals surface area contributed by atoms with Crippen LogP contribution in [0.2, 0.25) is 0 Å². The van der Waals surface area contributed by atoms with Crippen molar-refractivity contribution in [1.82, 2.24) is 10.2 Å². The summed E-state index contributed by atoms with van der Waals surface area (Å²) in [6.45, 7) is 5.22. The number of ether oxygens (including phenoxy) is 1. The van der Waals surface area contributed by atoms with Crippen LogP contribution in [0.5, 0.6) is 5.75 Å². The molecule has 5 heteroatoms. The number of carbonyl (C=O) groups is 2. The lowest BCUT2D eigenvalue weighted by molar-refractivity contribution is -0.140. The second kappa shape index (κ2) is 9.30. The Morgan fingerprint density at radius 1 is 1.25 bits per heavy atom. The van der Waals surface area contributed by atoms with Gasteiger partial charge in [0.1, 0.15) is 18.4 Å². The highest BCUT2D eigenvalue weighted by molar-refractivity contribution is 5.87. The number of nitrogens with zero attached hydrogens (tertiary/aromatic N) is 1. The van der Waals surface area contributed by atoms with Crippen molar-refractivity contribution in [1.29, 1.82) is 0 Å². The van der Waals surface area contributed by atoms with E-state index >= 15 is 0 Å². The Morgan fingerprint density at radius 3 is 2.67 bits per heavy atom. The first-order valence-electron chi connectivity index (χ1n) is 8.88. The molecule has 132 valence electrons. The molecule has 1 atom stereocenters. The number of aryl methyl sites for hydroxylation is 1. The van der Waals surface area contributed by atoms with E-state index in [-0.39, 0.29) is 17.9 Å². The first-order chi connectivity index (χ1) is 11.6. The van der Waals surface area contributed by atoms with Gasteiger partial charge in [0.25, 0.3) is 0 Å². The van der Waals surface area contributed by atoms with Crippen LogP contribution < -0.4 is 10.1 Å². The molecule has 1 aliphatic rings. The summed E-state index contributed by atoms with van der Waals surface area (Å²) in [6.07, 6.45) is 4.91. The van der Waals surface area contributed by atoms with Crippen LogP contribution in [-0.4, -0.2) is 42.5 Å². The van der Waals surface area contributed by atoms with E-state index in [1.807, 2.05) is 12.1 Å². The number of amides is 2. The molecule has 1 heterocycles. The van der Waals surface area contributed by atoms with Gasteiger partial charge in [-0.25, -0.2) is 0 Å². The van der Waals surface area contributed by atoms with Crippen molar-refractivity contribution >= 4 is 11.8 Å². The van der Waals surface area contributed by atoms with Gasteiger partial charge in [-0.05, 0) is 43.4 Å². The van der Waals surface area contributed by atoms with Crippen LogP contribution in [-0.2, 0) is 16.0 Å². The molecule has 1 N–H and O–H groups in total. The number of rotatable bonds is 7. The third-order valence-corrected chi connectivity index (χ3v) is 4.34. The Bertz CT molecular complexity index is 542. The molecular weight excluding hydrogens is 304 g/mol. The second-order valence-corrected chi connectivity index (χ2v) is 6.26. The standard InChI is InChI=1S/C19H28N2O3/c1-3-6-16-8-10-17(11-9-16)24-14-12-20-19(23)18-7-4-5-13-21(18)15(2)22/h8-11,18H,3-7,12-14H2,1-2H3,(H,20,23). The quantitative estimate of drug-likeness (QED) is 0.781. The number of piperidine rings is 1. The number of hydrogen-bond donors (Lipinski definition) is 1. The second-order valence-electron chi connectivity index (χ2n) is 6.26. The summed E-state index contributed by atoms with van der Waals surface area (Å²) in [6, 6.07) is 7.75. The van der Waals surface area contributed by atoms with E-state index in [0.29, 0.717) is 19.7 Å². The lowest BCUT2D eigenvalue weighted by Crippen LogP contribution is -2.51. The summed E-state index contributed by atoms with van der Waals surface area (Å²) >= 11 is 0. The third kappa shape index (κ3) is 5.25. The predicted octanol–water partition coefficient (Wildman–Crippen LogP) is 2.54. The van der Waals surface area contributed by atoms with Crippen molar-refractivity contribution in [2.75, 3.05) is 19.7 Å². The number of hydrogen-bond acceptors (Lipinski definition) is 3. The van der Waals surface area contributed by atoms with Crippen LogP contribution in [0, 0.1) is 0 Å². The fraction of sp³-hybridized carbons (Fsp3) is 0.579. The van der Waals surface area contributed by atoms with Crippen molar-refractivity contribution in [3.63, 3.8) is 0 Å². The van der Waals surface area contributed by atoms with Gasteiger partial charge in [-0.15, -0.1) is 0 Å². The predicted molar refractivity (Wildman–Crippen MR) is 94.0 cm³/mol. The molecule has 0 saturated carbocycles. The summed E-state index contributed by atoms with van der Waals surface area (Å²) in [5, 5.41) is 2.88. The Balaban J connectivity index is 1.73. The number of likely N-dealkylation sites (tertiary alicyclic amines) is 1. The average Bonchev–Trinajstić information content (AvgIpc) is 2.60. The van der Waals surface area contributed by atoms with E-state index in [1.165, 1.54) is 12.5 Å². The highest BCUT2D eigenvalue weighted by Crippen LogP contribution is 2.17. The molecule has 1 aliphatic heterocycles. The largest absolute Gasteiger partial charge is 0.492 e. The van der Waals surface area contributed by atoms with Gasteiger partial charge < -0.3 is 15.0 Å². The molecule has 1 fully saturated rings. The average molecular weight is 332 g/mol. The zero-order valence-corrected chi connectivity index (χ0v) is 14.7. The molecule has 1 aromatic carbocycles. The van der Waals surface area contributed by atoms with Gasteiger partial charge in [0.2, 0.25) is 11.8 Å². The molecule has 2 rings (SSSR count). The van der Waals surface area contributed by atoms with Gasteiger partial charge in [-0.1, -0.05) is 25.5 Å². The van der Waals surface area contributed by atoms with Gasteiger partial charge in [0.05, 0.1) is 6.54 Å². The Morgan fingerprint density at radius 2 is 2.00 bits per heavy atom. The first kappa shape index (κ1) is 18.3. The van der Waals surface area contributed by atoms with Crippen LogP contribution >= 0.6 is 0 Å². The molecule has 5 nitrogen and oxygen atoms in total. The van der Waals surface area contributed by atoms with Crippen molar-refractivity contribution in [3.05, 3.63) is 29.8 Å². The zero-order chi connectivity index (χ0) is 17.4. The lowest BCUT2D eigenvalue weighted by Gasteiger charge is -2.33. The van der Waals surface area contributed by atoms with E-state index < -0.39 is 0 Å². The SMILES string of the molecule is CCCc1ccc(OCCNC(=O)C2CCCCN2C(C)=O)cc1. The maximum atomic E-state index is 12.3. The van der Waals surface area contributed by atoms with Gasteiger partial charge in [-0.2, -0.15) is 0 Å². The number of benzene rings is 1. The summed E-state index contributed by atoms with van der Waals surface area (Å²) in [5.74, 6) is 0.706. The van der Waals surface area contributed by atoms with E-state index in [1.54, 1.807) is 4.90 Å². The van der Waals surface area contributed by atoms with Crippen molar-refractivity contribution < 1.29 is 14.3 Å². The molecule has 0 spiro atoms. The minimum Gasteiger partial charge on any atom is -0.492 e. The lowest BCUT2D eigenvalue weighted by atomic mass is 10.0. The Hall–Kier alpha value is -2.04. The minimum absolute atomic E-state index is 0.0294. The molecule has 2 amide bonds. The summed E-state index contributed by atoms with van der Waals surface area (Å²) in [4.78, 5) is 25.6. The van der Waals surface area contributed by atoms with E-state index in [2.05, 4.69) is 24.4 Å². The van der Waals surface area contributed by atoms with Crippen LogP contribution in [0.3, 0.4) is 0 Å². The van der Waals surface area contributed by atoms with Crippen LogP contribution in [0.4, 0.5) is 0 Å².